The van der Waals surface area contributed by atoms with Gasteiger partial charge in [0.15, 0.2) is 0 Å². The fourth-order valence-electron chi connectivity index (χ4n) is 1.94. The summed E-state index contributed by atoms with van der Waals surface area (Å²) >= 11 is 0. The lowest BCUT2D eigenvalue weighted by Gasteiger charge is -2.31. The molecule has 0 aliphatic heterocycles. The Morgan fingerprint density at radius 2 is 1.70 bits per heavy atom. The number of rotatable bonds is 7. The van der Waals surface area contributed by atoms with E-state index in [-0.39, 0.29) is 5.41 Å². The van der Waals surface area contributed by atoms with Crippen LogP contribution in [-0.2, 0) is 6.42 Å². The minimum absolute atomic E-state index is 0.134. The summed E-state index contributed by atoms with van der Waals surface area (Å²) in [5, 5.41) is 3.57. The average molecular weight is 281 g/mol. The molecule has 0 saturated heterocycles. The third-order valence-corrected chi connectivity index (χ3v) is 3.22. The van der Waals surface area contributed by atoms with Crippen molar-refractivity contribution in [1.82, 2.24) is 15.3 Å². The minimum atomic E-state index is 0.134. The van der Waals surface area contributed by atoms with Crippen LogP contribution in [0.15, 0.2) is 6.07 Å². The van der Waals surface area contributed by atoms with Crippen LogP contribution in [0.4, 0.5) is 0 Å². The van der Waals surface area contributed by atoms with Crippen molar-refractivity contribution in [3.8, 4) is 11.8 Å². The third-order valence-electron chi connectivity index (χ3n) is 3.22. The van der Waals surface area contributed by atoms with Gasteiger partial charge in [0, 0.05) is 12.5 Å². The van der Waals surface area contributed by atoms with Gasteiger partial charge in [-0.2, -0.15) is 9.97 Å². The van der Waals surface area contributed by atoms with E-state index in [1.54, 1.807) is 20.3 Å². The van der Waals surface area contributed by atoms with Crippen LogP contribution < -0.4 is 14.8 Å². The van der Waals surface area contributed by atoms with Gasteiger partial charge in [-0.1, -0.05) is 27.7 Å². The summed E-state index contributed by atoms with van der Waals surface area (Å²) in [6, 6.07) is 1.99. The molecule has 5 nitrogen and oxygen atoms in total. The molecule has 1 aromatic heterocycles. The van der Waals surface area contributed by atoms with Crippen LogP contribution in [0.3, 0.4) is 0 Å². The molecule has 1 N–H and O–H groups in total. The van der Waals surface area contributed by atoms with Crippen molar-refractivity contribution < 1.29 is 9.47 Å². The van der Waals surface area contributed by atoms with Gasteiger partial charge in [0.25, 0.3) is 0 Å². The lowest BCUT2D eigenvalue weighted by atomic mass is 9.84. The highest BCUT2D eigenvalue weighted by Crippen LogP contribution is 2.23. The highest BCUT2D eigenvalue weighted by Gasteiger charge is 2.25. The van der Waals surface area contributed by atoms with Gasteiger partial charge >= 0.3 is 0 Å². The smallest absolute Gasteiger partial charge is 0.220 e. The highest BCUT2D eigenvalue weighted by molar-refractivity contribution is 5.21. The molecule has 1 unspecified atom stereocenters. The summed E-state index contributed by atoms with van der Waals surface area (Å²) in [6.07, 6.45) is 1.85. The van der Waals surface area contributed by atoms with E-state index in [0.29, 0.717) is 17.8 Å². The summed E-state index contributed by atoms with van der Waals surface area (Å²) in [6.45, 7) is 9.81. The predicted octanol–water partition coefficient (Wildman–Crippen LogP) is 2.45. The second-order valence-electron chi connectivity index (χ2n) is 5.95. The number of ether oxygens (including phenoxy) is 2. The zero-order valence-electron chi connectivity index (χ0n) is 13.5. The quantitative estimate of drug-likeness (QED) is 0.832. The molecule has 0 bridgehead atoms. The first-order chi connectivity index (χ1) is 9.40. The zero-order chi connectivity index (χ0) is 15.2. The van der Waals surface area contributed by atoms with E-state index in [1.807, 2.05) is 0 Å². The van der Waals surface area contributed by atoms with Crippen molar-refractivity contribution in [2.24, 2.45) is 5.41 Å². The molecule has 0 spiro atoms. The van der Waals surface area contributed by atoms with Crippen molar-refractivity contribution in [2.45, 2.75) is 46.6 Å². The van der Waals surface area contributed by atoms with E-state index in [4.69, 9.17) is 9.47 Å². The Hall–Kier alpha value is -1.36. The molecule has 0 saturated carbocycles. The van der Waals surface area contributed by atoms with Gasteiger partial charge in [-0.25, -0.2) is 0 Å². The molecule has 0 fully saturated rings. The molecular formula is C15H27N3O2. The van der Waals surface area contributed by atoms with E-state index < -0.39 is 0 Å². The Morgan fingerprint density at radius 1 is 1.15 bits per heavy atom. The molecule has 1 atom stereocenters. The summed E-state index contributed by atoms with van der Waals surface area (Å²) < 4.78 is 10.4. The Labute approximate surface area is 122 Å². The number of aromatic nitrogens is 2. The summed E-state index contributed by atoms with van der Waals surface area (Å²) in [7, 11) is 3.20. The molecule has 1 heterocycles. The van der Waals surface area contributed by atoms with Crippen LogP contribution in [0, 0.1) is 5.41 Å². The largest absolute Gasteiger partial charge is 0.481 e. The lowest BCUT2D eigenvalue weighted by molar-refractivity contribution is 0.261. The number of nitrogens with zero attached hydrogens (tertiary/aromatic N) is 2. The van der Waals surface area contributed by atoms with E-state index in [9.17, 15) is 0 Å². The molecule has 0 aromatic carbocycles. The van der Waals surface area contributed by atoms with Crippen molar-refractivity contribution in [3.63, 3.8) is 0 Å². The Kier molecular flexibility index (Phi) is 6.20. The van der Waals surface area contributed by atoms with Gasteiger partial charge in [0.2, 0.25) is 11.8 Å². The van der Waals surface area contributed by atoms with Crippen LogP contribution in [0.2, 0.25) is 0 Å². The van der Waals surface area contributed by atoms with Crippen molar-refractivity contribution in [1.29, 1.82) is 0 Å². The standard InChI is InChI=1S/C15H27N3O2/c1-7-8-16-11(15(2,3)4)9-12-17-13(19-5)10-14(18-12)20-6/h10-11,16H,7-9H2,1-6H3. The van der Waals surface area contributed by atoms with E-state index in [1.165, 1.54) is 0 Å². The molecule has 5 heteroatoms. The fraction of sp³-hybridized carbons (Fsp3) is 0.733. The molecule has 1 aromatic rings. The van der Waals surface area contributed by atoms with Gasteiger partial charge in [-0.05, 0) is 18.4 Å². The molecule has 0 aliphatic rings. The number of methoxy groups -OCH3 is 2. The highest BCUT2D eigenvalue weighted by atomic mass is 16.5. The first-order valence-corrected chi connectivity index (χ1v) is 7.10. The van der Waals surface area contributed by atoms with Crippen LogP contribution in [0.1, 0.15) is 39.9 Å². The minimum Gasteiger partial charge on any atom is -0.481 e. The van der Waals surface area contributed by atoms with E-state index in [0.717, 1.165) is 25.2 Å². The van der Waals surface area contributed by atoms with Crippen LogP contribution in [0.25, 0.3) is 0 Å². The number of nitrogens with one attached hydrogen (secondary N) is 1. The number of hydrogen-bond acceptors (Lipinski definition) is 5. The van der Waals surface area contributed by atoms with Gasteiger partial charge in [-0.15, -0.1) is 0 Å². The monoisotopic (exact) mass is 281 g/mol. The van der Waals surface area contributed by atoms with Crippen molar-refractivity contribution in [2.75, 3.05) is 20.8 Å². The van der Waals surface area contributed by atoms with E-state index in [2.05, 4.69) is 43.0 Å². The maximum Gasteiger partial charge on any atom is 0.220 e. The topological polar surface area (TPSA) is 56.3 Å². The Balaban J connectivity index is 2.92. The zero-order valence-corrected chi connectivity index (χ0v) is 13.5. The summed E-state index contributed by atoms with van der Waals surface area (Å²) in [5.74, 6) is 1.81. The molecule has 1 rings (SSSR count). The Bertz CT molecular complexity index is 394. The number of hydrogen-bond donors (Lipinski definition) is 1. The molecule has 0 amide bonds. The first kappa shape index (κ1) is 16.7. The normalized spacial score (nSPS) is 13.1. The van der Waals surface area contributed by atoms with Crippen LogP contribution in [0.5, 0.6) is 11.8 Å². The average Bonchev–Trinajstić information content (AvgIpc) is 2.41. The summed E-state index contributed by atoms with van der Waals surface area (Å²) in [4.78, 5) is 8.82. The fourth-order valence-corrected chi connectivity index (χ4v) is 1.94. The first-order valence-electron chi connectivity index (χ1n) is 7.10. The second kappa shape index (κ2) is 7.43. The van der Waals surface area contributed by atoms with Gasteiger partial charge in [0.05, 0.1) is 20.3 Å². The lowest BCUT2D eigenvalue weighted by Crippen LogP contribution is -2.42. The molecule has 0 aliphatic carbocycles. The second-order valence-corrected chi connectivity index (χ2v) is 5.95. The maximum atomic E-state index is 5.19. The third kappa shape index (κ3) is 4.96. The molecule has 0 radical (unpaired) electrons. The van der Waals surface area contributed by atoms with Crippen molar-refractivity contribution >= 4 is 0 Å². The van der Waals surface area contributed by atoms with Gasteiger partial charge in [-0.3, -0.25) is 0 Å². The van der Waals surface area contributed by atoms with Crippen molar-refractivity contribution in [3.05, 3.63) is 11.9 Å². The predicted molar refractivity (Wildman–Crippen MR) is 80.4 cm³/mol. The van der Waals surface area contributed by atoms with Gasteiger partial charge < -0.3 is 14.8 Å². The maximum absolute atomic E-state index is 5.19. The molecule has 114 valence electrons. The molecular weight excluding hydrogens is 254 g/mol. The Morgan fingerprint density at radius 3 is 2.10 bits per heavy atom. The van der Waals surface area contributed by atoms with Crippen LogP contribution in [-0.4, -0.2) is 36.8 Å². The summed E-state index contributed by atoms with van der Waals surface area (Å²) in [5.41, 5.74) is 0.134. The van der Waals surface area contributed by atoms with Crippen LogP contribution >= 0.6 is 0 Å². The van der Waals surface area contributed by atoms with E-state index >= 15 is 0 Å². The SMILES string of the molecule is CCCNC(Cc1nc(OC)cc(OC)n1)C(C)(C)C. The molecule has 20 heavy (non-hydrogen) atoms. The van der Waals surface area contributed by atoms with Gasteiger partial charge in [0.1, 0.15) is 5.82 Å².